The van der Waals surface area contributed by atoms with Crippen molar-refractivity contribution in [1.29, 1.82) is 5.26 Å². The third kappa shape index (κ3) is 3.92. The zero-order valence-corrected chi connectivity index (χ0v) is 18.4. The van der Waals surface area contributed by atoms with E-state index in [1.165, 1.54) is 7.11 Å². The number of para-hydroxylation sites is 2. The van der Waals surface area contributed by atoms with E-state index in [-0.39, 0.29) is 28.4 Å². The maximum atomic E-state index is 13.4. The molecule has 0 radical (unpaired) electrons. The minimum atomic E-state index is -1.01. The predicted molar refractivity (Wildman–Crippen MR) is 124 cm³/mol. The molecule has 2 aromatic carbocycles. The number of ether oxygens (including phenoxy) is 2. The summed E-state index contributed by atoms with van der Waals surface area (Å²) in [5.74, 6) is -1.02. The summed E-state index contributed by atoms with van der Waals surface area (Å²) >= 11 is 0. The molecule has 166 valence electrons. The zero-order chi connectivity index (χ0) is 23.7. The van der Waals surface area contributed by atoms with Crippen LogP contribution in [0, 0.1) is 18.3 Å². The van der Waals surface area contributed by atoms with Crippen LogP contribution in [-0.2, 0) is 9.53 Å². The molecule has 0 spiro atoms. The molecule has 0 aliphatic carbocycles. The van der Waals surface area contributed by atoms with Gasteiger partial charge in [-0.1, -0.05) is 24.3 Å². The highest BCUT2D eigenvalue weighted by Gasteiger charge is 2.37. The number of nitrogens with one attached hydrogen (secondary N) is 2. The van der Waals surface area contributed by atoms with Gasteiger partial charge in [0.1, 0.15) is 23.2 Å². The second-order valence-electron chi connectivity index (χ2n) is 7.69. The molecule has 1 amide bonds. The number of amides is 1. The SMILES string of the molecule is COc1ccccc1NC(=O)C1=C(C)OC(N)=C(C#N)C1c1cc2ccc(C)cc2[nH]c1=O. The summed E-state index contributed by atoms with van der Waals surface area (Å²) in [6.45, 7) is 3.50. The fraction of sp³-hybridized carbons (Fsp3) is 0.160. The fourth-order valence-corrected chi connectivity index (χ4v) is 3.97. The number of nitrogens with two attached hydrogens (primary N) is 1. The van der Waals surface area contributed by atoms with Crippen molar-refractivity contribution in [2.24, 2.45) is 5.73 Å². The normalized spacial score (nSPS) is 15.8. The number of hydrogen-bond donors (Lipinski definition) is 3. The lowest BCUT2D eigenvalue weighted by atomic mass is 9.82. The molecule has 0 saturated carbocycles. The molecular formula is C25H22N4O4. The monoisotopic (exact) mass is 442 g/mol. The molecule has 8 heteroatoms. The number of rotatable bonds is 4. The van der Waals surface area contributed by atoms with Crippen LogP contribution >= 0.6 is 0 Å². The molecule has 1 aliphatic rings. The van der Waals surface area contributed by atoms with Gasteiger partial charge in [-0.3, -0.25) is 9.59 Å². The number of pyridine rings is 1. The fourth-order valence-electron chi connectivity index (χ4n) is 3.97. The topological polar surface area (TPSA) is 130 Å². The van der Waals surface area contributed by atoms with Crippen LogP contribution in [0.4, 0.5) is 5.69 Å². The van der Waals surface area contributed by atoms with Crippen molar-refractivity contribution in [3.63, 3.8) is 0 Å². The van der Waals surface area contributed by atoms with Gasteiger partial charge >= 0.3 is 0 Å². The van der Waals surface area contributed by atoms with Crippen LogP contribution in [0.1, 0.15) is 24.0 Å². The van der Waals surface area contributed by atoms with E-state index < -0.39 is 17.4 Å². The summed E-state index contributed by atoms with van der Waals surface area (Å²) in [4.78, 5) is 29.4. The molecule has 0 bridgehead atoms. The van der Waals surface area contributed by atoms with E-state index in [0.717, 1.165) is 10.9 Å². The number of hydrogen-bond acceptors (Lipinski definition) is 6. The van der Waals surface area contributed by atoms with Crippen LogP contribution < -0.4 is 21.3 Å². The second-order valence-corrected chi connectivity index (χ2v) is 7.69. The summed E-state index contributed by atoms with van der Waals surface area (Å²) in [7, 11) is 1.50. The van der Waals surface area contributed by atoms with E-state index in [9.17, 15) is 14.9 Å². The lowest BCUT2D eigenvalue weighted by molar-refractivity contribution is -0.113. The average Bonchev–Trinajstić information content (AvgIpc) is 2.78. The Kier molecular flexibility index (Phi) is 5.63. The van der Waals surface area contributed by atoms with Crippen molar-refractivity contribution in [1.82, 2.24) is 4.98 Å². The van der Waals surface area contributed by atoms with Gasteiger partial charge in [0.15, 0.2) is 0 Å². The third-order valence-corrected chi connectivity index (χ3v) is 5.55. The highest BCUT2D eigenvalue weighted by molar-refractivity contribution is 6.06. The molecule has 1 atom stereocenters. The first kappa shape index (κ1) is 21.7. The molecule has 1 aromatic heterocycles. The third-order valence-electron chi connectivity index (χ3n) is 5.55. The van der Waals surface area contributed by atoms with Crippen molar-refractivity contribution < 1.29 is 14.3 Å². The minimum absolute atomic E-state index is 0.0114. The molecule has 1 aliphatic heterocycles. The number of aryl methyl sites for hydroxylation is 1. The van der Waals surface area contributed by atoms with Gasteiger partial charge < -0.3 is 25.5 Å². The van der Waals surface area contributed by atoms with E-state index >= 15 is 0 Å². The van der Waals surface area contributed by atoms with Crippen molar-refractivity contribution in [3.05, 3.63) is 92.8 Å². The van der Waals surface area contributed by atoms with Crippen LogP contribution in [0.5, 0.6) is 5.75 Å². The lowest BCUT2D eigenvalue weighted by Gasteiger charge is -2.27. The van der Waals surface area contributed by atoms with Crippen LogP contribution in [-0.4, -0.2) is 18.0 Å². The molecule has 0 saturated heterocycles. The smallest absolute Gasteiger partial charge is 0.256 e. The van der Waals surface area contributed by atoms with Gasteiger partial charge in [0.2, 0.25) is 5.88 Å². The number of carbonyl (C=O) groups is 1. The summed E-state index contributed by atoms with van der Waals surface area (Å²) in [6.07, 6.45) is 0. The van der Waals surface area contributed by atoms with Crippen LogP contribution in [0.2, 0.25) is 0 Å². The summed E-state index contributed by atoms with van der Waals surface area (Å²) in [6, 6.07) is 16.3. The first-order chi connectivity index (χ1) is 15.8. The van der Waals surface area contributed by atoms with Gasteiger partial charge in [0.05, 0.1) is 24.3 Å². The Labute approximate surface area is 189 Å². The highest BCUT2D eigenvalue weighted by atomic mass is 16.5. The van der Waals surface area contributed by atoms with Crippen molar-refractivity contribution in [2.75, 3.05) is 12.4 Å². The lowest BCUT2D eigenvalue weighted by Crippen LogP contribution is -2.31. The number of aromatic nitrogens is 1. The number of anilines is 1. The predicted octanol–water partition coefficient (Wildman–Crippen LogP) is 3.57. The standard InChI is InChI=1S/C25H22N4O4/c1-13-8-9-15-11-16(24(30)29-19(15)10-13)22-17(12-26)23(27)33-14(2)21(22)25(31)28-18-6-4-5-7-20(18)32-3/h4-11,22H,27H2,1-3H3,(H,28,31)(H,29,30). The Morgan fingerprint density at radius 1 is 1.21 bits per heavy atom. The Bertz CT molecular complexity index is 1440. The van der Waals surface area contributed by atoms with Crippen LogP contribution in [0.15, 0.2) is 76.1 Å². The summed E-state index contributed by atoms with van der Waals surface area (Å²) in [5, 5.41) is 13.4. The number of benzene rings is 2. The molecule has 4 rings (SSSR count). The molecule has 0 fully saturated rings. The maximum absolute atomic E-state index is 13.4. The van der Waals surface area contributed by atoms with Gasteiger partial charge in [0.25, 0.3) is 11.5 Å². The van der Waals surface area contributed by atoms with E-state index in [2.05, 4.69) is 10.3 Å². The van der Waals surface area contributed by atoms with Gasteiger partial charge in [-0.05, 0) is 49.1 Å². The Morgan fingerprint density at radius 3 is 2.70 bits per heavy atom. The number of carbonyl (C=O) groups excluding carboxylic acids is 1. The zero-order valence-electron chi connectivity index (χ0n) is 18.4. The van der Waals surface area contributed by atoms with Crippen molar-refractivity contribution in [2.45, 2.75) is 19.8 Å². The van der Waals surface area contributed by atoms with E-state index in [0.29, 0.717) is 17.0 Å². The van der Waals surface area contributed by atoms with E-state index in [1.54, 1.807) is 37.3 Å². The van der Waals surface area contributed by atoms with E-state index in [4.69, 9.17) is 15.2 Å². The van der Waals surface area contributed by atoms with Gasteiger partial charge in [-0.15, -0.1) is 0 Å². The maximum Gasteiger partial charge on any atom is 0.256 e. The second kappa shape index (κ2) is 8.55. The number of methoxy groups -OCH3 is 1. The summed E-state index contributed by atoms with van der Waals surface area (Å²) in [5.41, 5.74) is 7.98. The number of nitriles is 1. The van der Waals surface area contributed by atoms with Crippen molar-refractivity contribution in [3.8, 4) is 11.8 Å². The Balaban J connectivity index is 1.87. The number of allylic oxidation sites excluding steroid dienone is 2. The highest BCUT2D eigenvalue weighted by Crippen LogP contribution is 2.39. The first-order valence-corrected chi connectivity index (χ1v) is 10.2. The Morgan fingerprint density at radius 2 is 1.97 bits per heavy atom. The Hall–Kier alpha value is -4.51. The van der Waals surface area contributed by atoms with Gasteiger partial charge in [0, 0.05) is 11.1 Å². The number of aromatic amines is 1. The molecule has 2 heterocycles. The number of fused-ring (bicyclic) bond motifs is 1. The summed E-state index contributed by atoms with van der Waals surface area (Å²) < 4.78 is 10.8. The van der Waals surface area contributed by atoms with Crippen molar-refractivity contribution >= 4 is 22.5 Å². The largest absolute Gasteiger partial charge is 0.495 e. The molecule has 8 nitrogen and oxygen atoms in total. The molecule has 4 N–H and O–H groups in total. The quantitative estimate of drug-likeness (QED) is 0.566. The number of H-pyrrole nitrogens is 1. The van der Waals surface area contributed by atoms with Crippen LogP contribution in [0.25, 0.3) is 10.9 Å². The average molecular weight is 442 g/mol. The van der Waals surface area contributed by atoms with Gasteiger partial charge in [-0.2, -0.15) is 5.26 Å². The molecule has 3 aromatic rings. The molecular weight excluding hydrogens is 420 g/mol. The van der Waals surface area contributed by atoms with E-state index in [1.807, 2.05) is 31.2 Å². The number of nitrogens with zero attached hydrogens (tertiary/aromatic N) is 1. The van der Waals surface area contributed by atoms with Gasteiger partial charge in [-0.25, -0.2) is 0 Å². The minimum Gasteiger partial charge on any atom is -0.495 e. The molecule has 33 heavy (non-hydrogen) atoms. The molecule has 1 unspecified atom stereocenters. The first-order valence-electron chi connectivity index (χ1n) is 10.2. The van der Waals surface area contributed by atoms with Crippen LogP contribution in [0.3, 0.4) is 0 Å².